The Hall–Kier alpha value is 0.314. The fourth-order valence-electron chi connectivity index (χ4n) is 2.42. The van der Waals surface area contributed by atoms with Crippen molar-refractivity contribution in [1.82, 2.24) is 0 Å². The van der Waals surface area contributed by atoms with Gasteiger partial charge in [-0.05, 0) is 50.1 Å². The smallest absolute Gasteiger partial charge is 0.176 e. The zero-order valence-electron chi connectivity index (χ0n) is 13.4. The maximum atomic E-state index is 8.92. The summed E-state index contributed by atoms with van der Waals surface area (Å²) in [6, 6.07) is 4.68. The molecule has 2 N–H and O–H groups in total. The summed E-state index contributed by atoms with van der Waals surface area (Å²) >= 11 is 0. The van der Waals surface area contributed by atoms with Crippen LogP contribution < -0.4 is 0 Å². The van der Waals surface area contributed by atoms with Crippen molar-refractivity contribution in [3.63, 3.8) is 0 Å². The molecule has 116 valence electrons. The molecule has 0 aromatic carbocycles. The normalized spacial score (nSPS) is 18.0. The van der Waals surface area contributed by atoms with Gasteiger partial charge in [0.2, 0.25) is 0 Å². The standard InChI is InChI=1S/C14H34O3Si2/c1-5-18(3,13-9-7-11-15)17-19(4,6-2)14-10-8-12-16/h15-16H,5-14H2,1-4H3. The zero-order chi connectivity index (χ0) is 14.8. The van der Waals surface area contributed by atoms with Crippen LogP contribution in [0, 0.1) is 0 Å². The van der Waals surface area contributed by atoms with Crippen LogP contribution in [0.25, 0.3) is 0 Å². The molecule has 0 aliphatic carbocycles. The maximum Gasteiger partial charge on any atom is 0.176 e. The van der Waals surface area contributed by atoms with Gasteiger partial charge in [-0.25, -0.2) is 0 Å². The summed E-state index contributed by atoms with van der Waals surface area (Å²) in [6.45, 7) is 9.82. The van der Waals surface area contributed by atoms with Crippen LogP contribution in [-0.2, 0) is 4.12 Å². The predicted molar refractivity (Wildman–Crippen MR) is 87.5 cm³/mol. The summed E-state index contributed by atoms with van der Waals surface area (Å²) < 4.78 is 6.73. The number of rotatable bonds is 12. The summed E-state index contributed by atoms with van der Waals surface area (Å²) in [7, 11) is -3.18. The van der Waals surface area contributed by atoms with E-state index in [9.17, 15) is 0 Å². The van der Waals surface area contributed by atoms with E-state index in [1.165, 1.54) is 24.2 Å². The van der Waals surface area contributed by atoms with E-state index in [4.69, 9.17) is 14.3 Å². The SMILES string of the molecule is CC[Si](C)(CCCCO)O[Si](C)(CC)CCCCO. The van der Waals surface area contributed by atoms with Crippen LogP contribution in [0.5, 0.6) is 0 Å². The molecule has 0 aliphatic rings. The monoisotopic (exact) mass is 306 g/mol. The van der Waals surface area contributed by atoms with E-state index >= 15 is 0 Å². The van der Waals surface area contributed by atoms with Crippen molar-refractivity contribution in [2.45, 2.75) is 76.8 Å². The van der Waals surface area contributed by atoms with Crippen LogP contribution in [0.15, 0.2) is 0 Å². The van der Waals surface area contributed by atoms with Crippen LogP contribution in [0.1, 0.15) is 39.5 Å². The van der Waals surface area contributed by atoms with Gasteiger partial charge < -0.3 is 14.3 Å². The lowest BCUT2D eigenvalue weighted by Gasteiger charge is -2.38. The summed E-state index contributed by atoms with van der Waals surface area (Å²) in [4.78, 5) is 0. The third-order valence-corrected chi connectivity index (χ3v) is 14.0. The first-order valence-electron chi connectivity index (χ1n) is 7.87. The average molecular weight is 307 g/mol. The van der Waals surface area contributed by atoms with Crippen molar-refractivity contribution in [2.75, 3.05) is 13.2 Å². The van der Waals surface area contributed by atoms with Gasteiger partial charge in [-0.2, -0.15) is 0 Å². The van der Waals surface area contributed by atoms with E-state index in [1.54, 1.807) is 0 Å². The zero-order valence-corrected chi connectivity index (χ0v) is 15.4. The largest absolute Gasteiger partial charge is 0.455 e. The van der Waals surface area contributed by atoms with Gasteiger partial charge in [-0.1, -0.05) is 26.7 Å². The molecule has 0 aromatic rings. The first-order valence-corrected chi connectivity index (χ1v) is 13.5. The molecule has 3 nitrogen and oxygen atoms in total. The molecule has 0 heterocycles. The second kappa shape index (κ2) is 10.1. The second-order valence-corrected chi connectivity index (χ2v) is 15.1. The summed E-state index contributed by atoms with van der Waals surface area (Å²) in [5, 5.41) is 17.8. The molecule has 0 rings (SSSR count). The Kier molecular flexibility index (Phi) is 10.3. The molecule has 19 heavy (non-hydrogen) atoms. The lowest BCUT2D eigenvalue weighted by Crippen LogP contribution is -2.47. The fourth-order valence-corrected chi connectivity index (χ4v) is 11.8. The third-order valence-electron chi connectivity index (χ3n) is 4.22. The molecule has 0 aromatic heterocycles. The molecule has 0 spiro atoms. The number of aliphatic hydroxyl groups excluding tert-OH is 2. The van der Waals surface area contributed by atoms with E-state index in [2.05, 4.69) is 26.9 Å². The Labute approximate surface area is 121 Å². The number of hydrogen-bond donors (Lipinski definition) is 2. The summed E-state index contributed by atoms with van der Waals surface area (Å²) in [6.07, 6.45) is 4.00. The van der Waals surface area contributed by atoms with Gasteiger partial charge in [-0.15, -0.1) is 0 Å². The minimum Gasteiger partial charge on any atom is -0.455 e. The molecule has 2 unspecified atom stereocenters. The van der Waals surface area contributed by atoms with Crippen molar-refractivity contribution in [1.29, 1.82) is 0 Å². The Morgan fingerprint density at radius 2 is 1.11 bits per heavy atom. The molecule has 0 aliphatic heterocycles. The lowest BCUT2D eigenvalue weighted by molar-refractivity contribution is 0.285. The Morgan fingerprint density at radius 3 is 1.37 bits per heavy atom. The van der Waals surface area contributed by atoms with Gasteiger partial charge >= 0.3 is 0 Å². The molecule has 0 fully saturated rings. The van der Waals surface area contributed by atoms with E-state index in [1.807, 2.05) is 0 Å². The Balaban J connectivity index is 4.42. The second-order valence-electron chi connectivity index (χ2n) is 6.07. The predicted octanol–water partition coefficient (Wildman–Crippen LogP) is 3.74. The molecular weight excluding hydrogens is 272 g/mol. The molecule has 5 heteroatoms. The van der Waals surface area contributed by atoms with Gasteiger partial charge in [0, 0.05) is 13.2 Å². The van der Waals surface area contributed by atoms with Gasteiger partial charge in [0.25, 0.3) is 0 Å². The Morgan fingerprint density at radius 1 is 0.737 bits per heavy atom. The van der Waals surface area contributed by atoms with E-state index in [-0.39, 0.29) is 0 Å². The molecule has 2 atom stereocenters. The lowest BCUT2D eigenvalue weighted by atomic mass is 10.4. The van der Waals surface area contributed by atoms with E-state index in [0.717, 1.165) is 25.7 Å². The van der Waals surface area contributed by atoms with E-state index in [0.29, 0.717) is 13.2 Å². The van der Waals surface area contributed by atoms with Crippen molar-refractivity contribution in [3.05, 3.63) is 0 Å². The van der Waals surface area contributed by atoms with Crippen LogP contribution in [0.4, 0.5) is 0 Å². The molecule has 0 radical (unpaired) electrons. The van der Waals surface area contributed by atoms with Crippen LogP contribution in [0.3, 0.4) is 0 Å². The summed E-state index contributed by atoms with van der Waals surface area (Å²) in [5.74, 6) is 0. The maximum absolute atomic E-state index is 8.92. The van der Waals surface area contributed by atoms with Gasteiger partial charge in [0.1, 0.15) is 0 Å². The van der Waals surface area contributed by atoms with Crippen molar-refractivity contribution in [3.8, 4) is 0 Å². The number of unbranched alkanes of at least 4 members (excludes halogenated alkanes) is 2. The molecular formula is C14H34O3Si2. The highest BCUT2D eigenvalue weighted by molar-refractivity contribution is 6.86. The molecule has 0 saturated heterocycles. The minimum absolute atomic E-state index is 0.299. The highest BCUT2D eigenvalue weighted by atomic mass is 28.4. The first kappa shape index (κ1) is 19.3. The van der Waals surface area contributed by atoms with Crippen molar-refractivity contribution in [2.24, 2.45) is 0 Å². The third kappa shape index (κ3) is 8.24. The molecule has 0 saturated carbocycles. The van der Waals surface area contributed by atoms with Gasteiger partial charge in [-0.3, -0.25) is 0 Å². The minimum atomic E-state index is -1.59. The average Bonchev–Trinajstić information content (AvgIpc) is 2.39. The van der Waals surface area contributed by atoms with Crippen LogP contribution >= 0.6 is 0 Å². The van der Waals surface area contributed by atoms with Gasteiger partial charge in [0.05, 0.1) is 0 Å². The van der Waals surface area contributed by atoms with Crippen LogP contribution in [-0.4, -0.2) is 40.1 Å². The molecule has 0 amide bonds. The van der Waals surface area contributed by atoms with Gasteiger partial charge in [0.15, 0.2) is 16.6 Å². The topological polar surface area (TPSA) is 49.7 Å². The van der Waals surface area contributed by atoms with Crippen LogP contribution in [0.2, 0.25) is 37.3 Å². The summed E-state index contributed by atoms with van der Waals surface area (Å²) in [5.41, 5.74) is 0. The van der Waals surface area contributed by atoms with Crippen molar-refractivity contribution < 1.29 is 14.3 Å². The van der Waals surface area contributed by atoms with E-state index < -0.39 is 16.6 Å². The van der Waals surface area contributed by atoms with Crippen molar-refractivity contribution >= 4 is 16.6 Å². The fraction of sp³-hybridized carbons (Fsp3) is 1.00. The quantitative estimate of drug-likeness (QED) is 0.426. The Bertz CT molecular complexity index is 207. The number of aliphatic hydroxyl groups is 2. The molecule has 0 bridgehead atoms. The highest BCUT2D eigenvalue weighted by Crippen LogP contribution is 2.29. The first-order chi connectivity index (χ1) is 8.95. The highest BCUT2D eigenvalue weighted by Gasteiger charge is 2.36. The number of hydrogen-bond acceptors (Lipinski definition) is 3.